The van der Waals surface area contributed by atoms with Crippen molar-refractivity contribution in [1.82, 2.24) is 0 Å². The van der Waals surface area contributed by atoms with E-state index in [1.807, 2.05) is 82.2 Å². The van der Waals surface area contributed by atoms with Crippen LogP contribution in [0.25, 0.3) is 0 Å². The van der Waals surface area contributed by atoms with Crippen LogP contribution in [0.15, 0.2) is 90.6 Å². The van der Waals surface area contributed by atoms with Gasteiger partial charge in [0, 0.05) is 11.8 Å². The topological polar surface area (TPSA) is 0 Å². The summed E-state index contributed by atoms with van der Waals surface area (Å²) in [6, 6.07) is 10.5. The Morgan fingerprint density at radius 1 is 0.828 bits per heavy atom. The summed E-state index contributed by atoms with van der Waals surface area (Å²) >= 11 is 0. The second kappa shape index (κ2) is 34.2. The Hall–Kier alpha value is -2.15. The zero-order valence-corrected chi connectivity index (χ0v) is 47.8. The number of hydrogen-bond donors (Lipinski definition) is 0. The van der Waals surface area contributed by atoms with Crippen LogP contribution in [0.2, 0.25) is 0 Å². The van der Waals surface area contributed by atoms with Gasteiger partial charge in [-0.15, -0.1) is 13.2 Å². The molecule has 0 amide bonds. The molecule has 0 aliphatic heterocycles. The normalized spacial score (nSPS) is 29.5. The Morgan fingerprint density at radius 2 is 1.27 bits per heavy atom. The Balaban J connectivity index is -0.000000607. The number of alkyl halides is 1. The highest BCUT2D eigenvalue weighted by Gasteiger charge is 2.66. The van der Waals surface area contributed by atoms with Gasteiger partial charge in [0.1, 0.15) is 6.17 Å². The van der Waals surface area contributed by atoms with E-state index in [4.69, 9.17) is 13.2 Å². The van der Waals surface area contributed by atoms with Gasteiger partial charge in [-0.05, 0) is 116 Å². The van der Waals surface area contributed by atoms with E-state index in [9.17, 15) is 0 Å². The largest absolute Gasteiger partial charge is 0.247 e. The monoisotopic (exact) mass is 895 g/mol. The molecule has 2 bridgehead atoms. The quantitative estimate of drug-likeness (QED) is 0.205. The van der Waals surface area contributed by atoms with Gasteiger partial charge in [0.05, 0.1) is 0 Å². The van der Waals surface area contributed by atoms with Gasteiger partial charge in [0.15, 0.2) is 0 Å². The molecule has 3 aliphatic rings. The smallest absolute Gasteiger partial charge is 0.104 e. The van der Waals surface area contributed by atoms with Gasteiger partial charge in [-0.3, -0.25) is 0 Å². The molecule has 0 radical (unpaired) electrons. The molecule has 0 saturated heterocycles. The predicted octanol–water partition coefficient (Wildman–Crippen LogP) is 22.3. The number of allylic oxidation sites excluding steroid dienone is 6. The first-order valence-corrected chi connectivity index (χ1v) is 26.6. The average molecular weight is 896 g/mol. The summed E-state index contributed by atoms with van der Waals surface area (Å²) in [4.78, 5) is 0. The molecule has 3 aliphatic carbocycles. The fourth-order valence-electron chi connectivity index (χ4n) is 12.5. The molecule has 0 aromatic heterocycles. The number of hydrogen-bond acceptors (Lipinski definition) is 0. The maximum absolute atomic E-state index is 15.6. The highest BCUT2D eigenvalue weighted by Crippen LogP contribution is 2.74. The molecule has 0 nitrogen and oxygen atoms in total. The Morgan fingerprint density at radius 3 is 1.64 bits per heavy atom. The van der Waals surface area contributed by atoms with Gasteiger partial charge in [-0.25, -0.2) is 4.39 Å². The van der Waals surface area contributed by atoms with Crippen molar-refractivity contribution in [3.8, 4) is 0 Å². The molecule has 12 atom stereocenters. The molecular weight excluding hydrogens is 776 g/mol. The van der Waals surface area contributed by atoms with E-state index in [1.54, 1.807) is 18.6 Å². The fourth-order valence-corrected chi connectivity index (χ4v) is 12.5. The second-order valence-corrected chi connectivity index (χ2v) is 19.3. The van der Waals surface area contributed by atoms with Crippen molar-refractivity contribution in [2.45, 2.75) is 244 Å². The van der Waals surface area contributed by atoms with Crippen LogP contribution in [-0.4, -0.2) is 6.17 Å². The lowest BCUT2D eigenvalue weighted by Crippen LogP contribution is -2.63. The summed E-state index contributed by atoms with van der Waals surface area (Å²) < 4.78 is 15.6. The minimum atomic E-state index is -0.956. The van der Waals surface area contributed by atoms with E-state index in [0.717, 1.165) is 24.8 Å². The third-order valence-electron chi connectivity index (χ3n) is 15.9. The minimum Gasteiger partial charge on any atom is -0.247 e. The molecule has 1 heteroatoms. The van der Waals surface area contributed by atoms with Crippen LogP contribution < -0.4 is 0 Å². The van der Waals surface area contributed by atoms with Crippen molar-refractivity contribution in [1.29, 1.82) is 0 Å². The van der Waals surface area contributed by atoms with Crippen molar-refractivity contribution < 1.29 is 4.39 Å². The first-order chi connectivity index (χ1) is 29.6. The Labute approximate surface area is 406 Å². The van der Waals surface area contributed by atoms with Gasteiger partial charge in [0.2, 0.25) is 0 Å². The van der Waals surface area contributed by atoms with Gasteiger partial charge in [-0.1, -0.05) is 256 Å². The fraction of sp³-hybridized carbons (Fsp3) is 0.746. The standard InChI is InChI=1S/C46H71F.C3H8.C3H6.5C2H6.CH4/c1-17-38-26-30(6)44(14,18-2)42-34(10)45(15)27-37(25-29(5)40(35(11)47)31(7)36-22-20-19-21-23-36)32(8)41(43(45,12)13)39(24-28(3)4)33(9)46(38,42)16;2*1-3-2;5*1-2;/h19-23,30-31,34-35,37-40,42H,3,5,9,17-18,24-27H2,1-2,4,6-8,10-16H3;3H2,1-2H3;3H,1H2,2H3;5*1-2H3;1H4. The van der Waals surface area contributed by atoms with Gasteiger partial charge < -0.3 is 0 Å². The van der Waals surface area contributed by atoms with E-state index >= 15 is 4.39 Å². The molecule has 2 saturated carbocycles. The molecule has 4 rings (SSSR count). The van der Waals surface area contributed by atoms with E-state index in [-0.39, 0.29) is 46.8 Å². The van der Waals surface area contributed by atoms with E-state index in [1.165, 1.54) is 48.0 Å². The minimum absolute atomic E-state index is 0. The van der Waals surface area contributed by atoms with Crippen LogP contribution in [0, 0.1) is 63.1 Å². The molecular formula is C63H119F. The molecule has 378 valence electrons. The lowest BCUT2D eigenvalue weighted by Gasteiger charge is -2.70. The summed E-state index contributed by atoms with van der Waals surface area (Å²) in [5.74, 6) is 2.77. The van der Waals surface area contributed by atoms with Crippen molar-refractivity contribution >= 4 is 0 Å². The molecule has 1 aromatic rings. The van der Waals surface area contributed by atoms with Crippen molar-refractivity contribution in [2.75, 3.05) is 0 Å². The third kappa shape index (κ3) is 15.7. The van der Waals surface area contributed by atoms with Gasteiger partial charge in [-0.2, -0.15) is 0 Å². The second-order valence-electron chi connectivity index (χ2n) is 19.3. The van der Waals surface area contributed by atoms with Crippen molar-refractivity contribution in [3.63, 3.8) is 0 Å². The Bertz CT molecular complexity index is 1420. The number of rotatable bonds is 10. The summed E-state index contributed by atoms with van der Waals surface area (Å²) in [6.07, 6.45) is 8.64. The van der Waals surface area contributed by atoms with Crippen LogP contribution in [0.3, 0.4) is 0 Å². The lowest BCUT2D eigenvalue weighted by atomic mass is 9.34. The van der Waals surface area contributed by atoms with Gasteiger partial charge >= 0.3 is 0 Å². The van der Waals surface area contributed by atoms with Crippen LogP contribution in [0.5, 0.6) is 0 Å². The maximum Gasteiger partial charge on any atom is 0.104 e. The first kappa shape index (κ1) is 70.9. The predicted molar refractivity (Wildman–Crippen MR) is 299 cm³/mol. The SMILES string of the molecule is C.C=C(C)CC1C(=C)C2(C)C(CC)CC(C)C(C)(CC)C2C(C)C2(C)CC(CC(=C)C(C(C)F)C(C)c3ccccc3)C(C)=C1C2(C)C.C=CC.CC.CC.CC.CC.CC.CCC. The van der Waals surface area contributed by atoms with Crippen molar-refractivity contribution in [2.24, 2.45) is 63.1 Å². The van der Waals surface area contributed by atoms with Crippen LogP contribution >= 0.6 is 0 Å². The van der Waals surface area contributed by atoms with Gasteiger partial charge in [0.25, 0.3) is 0 Å². The third-order valence-corrected chi connectivity index (χ3v) is 15.9. The van der Waals surface area contributed by atoms with E-state index < -0.39 is 6.17 Å². The molecule has 0 heterocycles. The molecule has 0 N–H and O–H groups in total. The van der Waals surface area contributed by atoms with Crippen LogP contribution in [0.1, 0.15) is 244 Å². The summed E-state index contributed by atoms with van der Waals surface area (Å²) in [7, 11) is 0. The average Bonchev–Trinajstić information content (AvgIpc) is 3.27. The molecule has 0 spiro atoms. The van der Waals surface area contributed by atoms with E-state index in [2.05, 4.69) is 134 Å². The highest BCUT2D eigenvalue weighted by atomic mass is 19.1. The number of halogens is 1. The zero-order chi connectivity index (χ0) is 50.9. The van der Waals surface area contributed by atoms with Crippen LogP contribution in [0.4, 0.5) is 4.39 Å². The Kier molecular flexibility index (Phi) is 37.8. The lowest BCUT2D eigenvalue weighted by molar-refractivity contribution is -0.160. The summed E-state index contributed by atoms with van der Waals surface area (Å²) in [5, 5.41) is 0. The first-order valence-electron chi connectivity index (χ1n) is 26.6. The van der Waals surface area contributed by atoms with Crippen LogP contribution in [-0.2, 0) is 0 Å². The summed E-state index contributed by atoms with van der Waals surface area (Å²) in [5.41, 5.74) is 8.41. The number of fused-ring (bicyclic) bond motifs is 3. The molecule has 2 fully saturated rings. The maximum atomic E-state index is 15.6. The highest BCUT2D eigenvalue weighted by molar-refractivity contribution is 5.42. The molecule has 12 unspecified atom stereocenters. The molecule has 1 aromatic carbocycles. The van der Waals surface area contributed by atoms with E-state index in [0.29, 0.717) is 29.6 Å². The molecule has 64 heavy (non-hydrogen) atoms. The number of benzene rings is 1. The zero-order valence-electron chi connectivity index (χ0n) is 47.8. The van der Waals surface area contributed by atoms with Crippen molar-refractivity contribution in [3.05, 3.63) is 96.2 Å². The summed E-state index contributed by atoms with van der Waals surface area (Å²) in [6.45, 7) is 75.6.